The number of hydrogen-bond donors (Lipinski definition) is 0. The van der Waals surface area contributed by atoms with Crippen molar-refractivity contribution >= 4 is 17.8 Å². The molecule has 0 bridgehead atoms. The lowest BCUT2D eigenvalue weighted by molar-refractivity contribution is 0.415. The predicted molar refractivity (Wildman–Crippen MR) is 80.5 cm³/mol. The van der Waals surface area contributed by atoms with Gasteiger partial charge in [-0.15, -0.1) is 0 Å². The Bertz CT molecular complexity index is 563. The molecular weight excluding hydrogens is 258 g/mol. The van der Waals surface area contributed by atoms with E-state index in [1.54, 1.807) is 7.11 Å². The van der Waals surface area contributed by atoms with Gasteiger partial charge in [0.2, 0.25) is 0 Å². The first-order valence-electron chi connectivity index (χ1n) is 6.12. The van der Waals surface area contributed by atoms with Gasteiger partial charge in [-0.3, -0.25) is 4.99 Å². The van der Waals surface area contributed by atoms with Crippen LogP contribution in [0.4, 0.5) is 0 Å². The Kier molecular flexibility index (Phi) is 4.58. The molecule has 0 saturated heterocycles. The van der Waals surface area contributed by atoms with Crippen molar-refractivity contribution in [3.05, 3.63) is 64.7 Å². The van der Waals surface area contributed by atoms with Gasteiger partial charge < -0.3 is 4.74 Å². The van der Waals surface area contributed by atoms with Crippen molar-refractivity contribution < 1.29 is 4.74 Å². The number of hydrogen-bond acceptors (Lipinski definition) is 2. The Hall–Kier alpha value is -1.80. The molecule has 1 atom stereocenters. The second-order valence-corrected chi connectivity index (χ2v) is 4.66. The van der Waals surface area contributed by atoms with Crippen molar-refractivity contribution in [1.29, 1.82) is 0 Å². The fraction of sp³-hybridized carbons (Fsp3) is 0.188. The molecule has 0 radical (unpaired) electrons. The fourth-order valence-electron chi connectivity index (χ4n) is 1.78. The third kappa shape index (κ3) is 3.58. The van der Waals surface area contributed by atoms with E-state index in [-0.39, 0.29) is 6.04 Å². The van der Waals surface area contributed by atoms with E-state index in [1.165, 1.54) is 0 Å². The van der Waals surface area contributed by atoms with Gasteiger partial charge in [-0.05, 0) is 48.4 Å². The molecular formula is C16H16ClNO. The standard InChI is InChI=1S/C16H16ClNO/c1-12(15-5-3-4-6-16(15)17)18-11-13-7-9-14(19-2)10-8-13/h3-12H,1-2H3. The molecule has 0 aliphatic carbocycles. The van der Waals surface area contributed by atoms with E-state index < -0.39 is 0 Å². The molecule has 1 unspecified atom stereocenters. The first-order chi connectivity index (χ1) is 9.20. The van der Waals surface area contributed by atoms with E-state index in [0.717, 1.165) is 21.9 Å². The van der Waals surface area contributed by atoms with Crippen LogP contribution in [-0.4, -0.2) is 13.3 Å². The summed E-state index contributed by atoms with van der Waals surface area (Å²) in [6.07, 6.45) is 1.85. The number of methoxy groups -OCH3 is 1. The Morgan fingerprint density at radius 1 is 1.11 bits per heavy atom. The van der Waals surface area contributed by atoms with Crippen molar-refractivity contribution in [2.45, 2.75) is 13.0 Å². The van der Waals surface area contributed by atoms with Crippen molar-refractivity contribution in [1.82, 2.24) is 0 Å². The molecule has 2 rings (SSSR count). The predicted octanol–water partition coefficient (Wildman–Crippen LogP) is 4.53. The molecule has 19 heavy (non-hydrogen) atoms. The highest BCUT2D eigenvalue weighted by molar-refractivity contribution is 6.31. The second kappa shape index (κ2) is 6.39. The van der Waals surface area contributed by atoms with Gasteiger partial charge in [-0.1, -0.05) is 29.8 Å². The number of aliphatic imine (C=N–C) groups is 1. The van der Waals surface area contributed by atoms with Crippen molar-refractivity contribution in [3.63, 3.8) is 0 Å². The van der Waals surface area contributed by atoms with Gasteiger partial charge in [0.05, 0.1) is 13.2 Å². The summed E-state index contributed by atoms with van der Waals surface area (Å²) in [5.74, 6) is 0.844. The summed E-state index contributed by atoms with van der Waals surface area (Å²) < 4.78 is 5.12. The van der Waals surface area contributed by atoms with Crippen molar-refractivity contribution in [2.75, 3.05) is 7.11 Å². The number of halogens is 1. The van der Waals surface area contributed by atoms with Gasteiger partial charge >= 0.3 is 0 Å². The molecule has 0 amide bonds. The minimum atomic E-state index is 0.0378. The SMILES string of the molecule is COc1ccc(C=NC(C)c2ccccc2Cl)cc1. The normalized spacial score (nSPS) is 12.6. The van der Waals surface area contributed by atoms with E-state index >= 15 is 0 Å². The number of rotatable bonds is 4. The molecule has 0 heterocycles. The quantitative estimate of drug-likeness (QED) is 0.750. The highest BCUT2D eigenvalue weighted by Crippen LogP contribution is 2.24. The summed E-state index contributed by atoms with van der Waals surface area (Å²) in [6, 6.07) is 15.6. The van der Waals surface area contributed by atoms with Crippen molar-refractivity contribution in [2.24, 2.45) is 4.99 Å². The van der Waals surface area contributed by atoms with Gasteiger partial charge in [-0.2, -0.15) is 0 Å². The monoisotopic (exact) mass is 273 g/mol. The lowest BCUT2D eigenvalue weighted by atomic mass is 10.1. The first-order valence-corrected chi connectivity index (χ1v) is 6.50. The second-order valence-electron chi connectivity index (χ2n) is 4.25. The highest BCUT2D eigenvalue weighted by atomic mass is 35.5. The fourth-order valence-corrected chi connectivity index (χ4v) is 2.08. The van der Waals surface area contributed by atoms with Crippen LogP contribution in [0.3, 0.4) is 0 Å². The van der Waals surface area contributed by atoms with Crippen LogP contribution >= 0.6 is 11.6 Å². The first kappa shape index (κ1) is 13.6. The maximum absolute atomic E-state index is 6.15. The van der Waals surface area contributed by atoms with Gasteiger partial charge in [0.15, 0.2) is 0 Å². The van der Waals surface area contributed by atoms with Crippen LogP contribution in [-0.2, 0) is 0 Å². The number of nitrogens with zero attached hydrogens (tertiary/aromatic N) is 1. The van der Waals surface area contributed by atoms with Gasteiger partial charge in [0.1, 0.15) is 5.75 Å². The molecule has 2 nitrogen and oxygen atoms in total. The number of ether oxygens (including phenoxy) is 1. The molecule has 0 spiro atoms. The average molecular weight is 274 g/mol. The molecule has 0 fully saturated rings. The lowest BCUT2D eigenvalue weighted by Gasteiger charge is -2.08. The topological polar surface area (TPSA) is 21.6 Å². The van der Waals surface area contributed by atoms with Crippen LogP contribution in [0.25, 0.3) is 0 Å². The molecule has 2 aromatic rings. The molecule has 98 valence electrons. The molecule has 0 saturated carbocycles. The Morgan fingerprint density at radius 3 is 2.42 bits per heavy atom. The van der Waals surface area contributed by atoms with Crippen LogP contribution in [0, 0.1) is 0 Å². The smallest absolute Gasteiger partial charge is 0.118 e. The van der Waals surface area contributed by atoms with Gasteiger partial charge in [0.25, 0.3) is 0 Å². The van der Waals surface area contributed by atoms with Gasteiger partial charge in [-0.25, -0.2) is 0 Å². The average Bonchev–Trinajstić information content (AvgIpc) is 2.46. The summed E-state index contributed by atoms with van der Waals surface area (Å²) in [7, 11) is 1.66. The summed E-state index contributed by atoms with van der Waals surface area (Å²) in [5.41, 5.74) is 2.08. The van der Waals surface area contributed by atoms with E-state index in [9.17, 15) is 0 Å². The Balaban J connectivity index is 2.11. The molecule has 3 heteroatoms. The third-order valence-corrected chi connectivity index (χ3v) is 3.26. The summed E-state index contributed by atoms with van der Waals surface area (Å²) in [5, 5.41) is 0.752. The molecule has 0 aliphatic heterocycles. The van der Waals surface area contributed by atoms with Crippen LogP contribution in [0.15, 0.2) is 53.5 Å². The zero-order chi connectivity index (χ0) is 13.7. The van der Waals surface area contributed by atoms with Crippen LogP contribution in [0.5, 0.6) is 5.75 Å². The van der Waals surface area contributed by atoms with Crippen LogP contribution in [0.2, 0.25) is 5.02 Å². The van der Waals surface area contributed by atoms with E-state index in [4.69, 9.17) is 16.3 Å². The Labute approximate surface area is 118 Å². The Morgan fingerprint density at radius 2 is 1.79 bits per heavy atom. The molecule has 0 aliphatic rings. The van der Waals surface area contributed by atoms with Crippen LogP contribution in [0.1, 0.15) is 24.1 Å². The van der Waals surface area contributed by atoms with Gasteiger partial charge in [0, 0.05) is 11.2 Å². The van der Waals surface area contributed by atoms with E-state index in [1.807, 2.05) is 61.7 Å². The maximum Gasteiger partial charge on any atom is 0.118 e. The largest absolute Gasteiger partial charge is 0.497 e. The van der Waals surface area contributed by atoms with E-state index in [2.05, 4.69) is 4.99 Å². The van der Waals surface area contributed by atoms with E-state index in [0.29, 0.717) is 0 Å². The maximum atomic E-state index is 6.15. The molecule has 0 aromatic heterocycles. The summed E-state index contributed by atoms with van der Waals surface area (Å²) >= 11 is 6.15. The molecule has 0 N–H and O–H groups in total. The highest BCUT2D eigenvalue weighted by Gasteiger charge is 2.06. The van der Waals surface area contributed by atoms with Crippen LogP contribution < -0.4 is 4.74 Å². The zero-order valence-electron chi connectivity index (χ0n) is 11.0. The van der Waals surface area contributed by atoms with Crippen molar-refractivity contribution in [3.8, 4) is 5.75 Å². The summed E-state index contributed by atoms with van der Waals surface area (Å²) in [4.78, 5) is 4.53. The minimum absolute atomic E-state index is 0.0378. The molecule has 2 aromatic carbocycles. The zero-order valence-corrected chi connectivity index (χ0v) is 11.8. The minimum Gasteiger partial charge on any atom is -0.497 e. The number of benzene rings is 2. The summed E-state index contributed by atoms with van der Waals surface area (Å²) in [6.45, 7) is 2.03. The lowest BCUT2D eigenvalue weighted by Crippen LogP contribution is -1.92. The third-order valence-electron chi connectivity index (χ3n) is 2.92.